The molecular formula is C21H32N6O2. The van der Waals surface area contributed by atoms with Gasteiger partial charge in [-0.05, 0) is 31.7 Å². The molecule has 1 N–H and O–H groups in total. The average Bonchev–Trinajstić information content (AvgIpc) is 3.32. The summed E-state index contributed by atoms with van der Waals surface area (Å²) < 4.78 is 0. The summed E-state index contributed by atoms with van der Waals surface area (Å²) >= 11 is 0. The minimum atomic E-state index is -0.495. The Bertz CT molecular complexity index is 736. The van der Waals surface area contributed by atoms with Gasteiger partial charge in [-0.3, -0.25) is 4.79 Å². The van der Waals surface area contributed by atoms with E-state index in [-0.39, 0.29) is 17.9 Å². The van der Waals surface area contributed by atoms with Gasteiger partial charge in [-0.1, -0.05) is 12.8 Å². The second kappa shape index (κ2) is 8.16. The molecule has 1 aromatic rings. The Morgan fingerprint density at radius 1 is 1.14 bits per heavy atom. The lowest BCUT2D eigenvalue weighted by Crippen LogP contribution is -2.49. The van der Waals surface area contributed by atoms with Crippen molar-refractivity contribution in [2.24, 2.45) is 11.3 Å². The lowest BCUT2D eigenvalue weighted by molar-refractivity contribution is -0.141. The number of fused-ring (bicyclic) bond motifs is 1. The maximum Gasteiger partial charge on any atom is 0.317 e. The van der Waals surface area contributed by atoms with Crippen molar-refractivity contribution in [1.82, 2.24) is 25.1 Å². The first-order chi connectivity index (χ1) is 14.0. The Morgan fingerprint density at radius 2 is 1.86 bits per heavy atom. The molecule has 4 rings (SSSR count). The molecule has 2 aliphatic heterocycles. The van der Waals surface area contributed by atoms with E-state index in [4.69, 9.17) is 0 Å². The molecule has 0 radical (unpaired) electrons. The zero-order chi connectivity index (χ0) is 20.4. The molecule has 0 unspecified atom stereocenters. The zero-order valence-corrected chi connectivity index (χ0v) is 17.5. The quantitative estimate of drug-likeness (QED) is 0.836. The standard InChI is InChI=1S/C21H32N6O2/c1-25(2)18(28)21-9-5-12-26(20(29)24-17-7-3-4-8-17)13-16(21)14-27(15-21)19-22-10-6-11-23-19/h6,10-11,16-17H,3-5,7-9,12-15H2,1-2H3,(H,24,29)/t16-,21-/m1/s1. The highest BCUT2D eigenvalue weighted by Crippen LogP contribution is 2.44. The molecule has 2 atom stereocenters. The van der Waals surface area contributed by atoms with Crippen molar-refractivity contribution in [1.29, 1.82) is 0 Å². The number of amides is 3. The Morgan fingerprint density at radius 3 is 2.55 bits per heavy atom. The second-order valence-corrected chi connectivity index (χ2v) is 8.96. The smallest absolute Gasteiger partial charge is 0.317 e. The van der Waals surface area contributed by atoms with Crippen molar-refractivity contribution in [2.45, 2.75) is 44.6 Å². The maximum atomic E-state index is 13.3. The summed E-state index contributed by atoms with van der Waals surface area (Å²) in [7, 11) is 3.65. The molecule has 29 heavy (non-hydrogen) atoms. The van der Waals surface area contributed by atoms with E-state index >= 15 is 0 Å². The molecule has 0 bridgehead atoms. The third kappa shape index (κ3) is 3.89. The first-order valence-electron chi connectivity index (χ1n) is 10.8. The van der Waals surface area contributed by atoms with Gasteiger partial charge in [0.05, 0.1) is 5.41 Å². The van der Waals surface area contributed by atoms with E-state index in [1.807, 2.05) is 19.0 Å². The largest absolute Gasteiger partial charge is 0.348 e. The fourth-order valence-electron chi connectivity index (χ4n) is 5.36. The van der Waals surface area contributed by atoms with E-state index in [9.17, 15) is 9.59 Å². The van der Waals surface area contributed by atoms with Crippen LogP contribution in [0.25, 0.3) is 0 Å². The lowest BCUT2D eigenvalue weighted by Gasteiger charge is -2.34. The predicted octanol–water partition coefficient (Wildman–Crippen LogP) is 1.74. The molecule has 1 aromatic heterocycles. The first kappa shape index (κ1) is 19.9. The highest BCUT2D eigenvalue weighted by atomic mass is 16.2. The Hall–Kier alpha value is -2.38. The number of nitrogens with one attached hydrogen (secondary N) is 1. The van der Waals surface area contributed by atoms with Gasteiger partial charge >= 0.3 is 6.03 Å². The van der Waals surface area contributed by atoms with Crippen LogP contribution in [0.5, 0.6) is 0 Å². The maximum absolute atomic E-state index is 13.3. The number of anilines is 1. The molecule has 158 valence electrons. The third-order valence-corrected chi connectivity index (χ3v) is 6.82. The number of rotatable bonds is 3. The van der Waals surface area contributed by atoms with Crippen LogP contribution in [0, 0.1) is 11.3 Å². The minimum absolute atomic E-state index is 0.0272. The minimum Gasteiger partial charge on any atom is -0.348 e. The number of urea groups is 1. The molecule has 3 heterocycles. The van der Waals surface area contributed by atoms with Crippen LogP contribution in [0.4, 0.5) is 10.7 Å². The normalized spacial score (nSPS) is 27.4. The van der Waals surface area contributed by atoms with E-state index in [1.54, 1.807) is 23.4 Å². The van der Waals surface area contributed by atoms with Crippen LogP contribution in [0.15, 0.2) is 18.5 Å². The fraction of sp³-hybridized carbons (Fsp3) is 0.714. The van der Waals surface area contributed by atoms with E-state index in [2.05, 4.69) is 20.2 Å². The highest BCUT2D eigenvalue weighted by molar-refractivity contribution is 5.84. The van der Waals surface area contributed by atoms with Gasteiger partial charge in [-0.25, -0.2) is 14.8 Å². The second-order valence-electron chi connectivity index (χ2n) is 8.96. The van der Waals surface area contributed by atoms with Crippen LogP contribution >= 0.6 is 0 Å². The van der Waals surface area contributed by atoms with Crippen molar-refractivity contribution in [2.75, 3.05) is 45.2 Å². The van der Waals surface area contributed by atoms with Crippen LogP contribution in [0.3, 0.4) is 0 Å². The van der Waals surface area contributed by atoms with Gasteiger partial charge in [-0.15, -0.1) is 0 Å². The van der Waals surface area contributed by atoms with Gasteiger partial charge < -0.3 is 20.0 Å². The van der Waals surface area contributed by atoms with E-state index < -0.39 is 5.41 Å². The highest BCUT2D eigenvalue weighted by Gasteiger charge is 2.54. The summed E-state index contributed by atoms with van der Waals surface area (Å²) in [6.45, 7) is 2.61. The van der Waals surface area contributed by atoms with Crippen molar-refractivity contribution < 1.29 is 9.59 Å². The van der Waals surface area contributed by atoms with Crippen LogP contribution in [0.1, 0.15) is 38.5 Å². The summed E-state index contributed by atoms with van der Waals surface area (Å²) in [4.78, 5) is 40.8. The number of carbonyl (C=O) groups excluding carboxylic acids is 2. The Labute approximate surface area is 172 Å². The van der Waals surface area contributed by atoms with E-state index in [0.717, 1.165) is 25.7 Å². The molecule has 3 aliphatic rings. The first-order valence-corrected chi connectivity index (χ1v) is 10.8. The summed E-state index contributed by atoms with van der Waals surface area (Å²) in [5.41, 5.74) is -0.495. The van der Waals surface area contributed by atoms with Crippen molar-refractivity contribution in [3.8, 4) is 0 Å². The summed E-state index contributed by atoms with van der Waals surface area (Å²) in [5, 5.41) is 3.22. The molecule has 0 spiro atoms. The average molecular weight is 401 g/mol. The van der Waals surface area contributed by atoms with E-state index in [0.29, 0.717) is 38.2 Å². The fourth-order valence-corrected chi connectivity index (χ4v) is 5.36. The number of hydrogen-bond donors (Lipinski definition) is 1. The topological polar surface area (TPSA) is 81.7 Å². The molecular weight excluding hydrogens is 368 g/mol. The monoisotopic (exact) mass is 400 g/mol. The number of carbonyl (C=O) groups is 2. The van der Waals surface area contributed by atoms with Crippen LogP contribution < -0.4 is 10.2 Å². The summed E-state index contributed by atoms with van der Waals surface area (Å²) in [6.07, 6.45) is 9.62. The SMILES string of the molecule is CN(C)C(=O)[C@@]12CCCN(C(=O)NC3CCCC3)C[C@@H]1CN(c1ncccn1)C2. The zero-order valence-electron chi connectivity index (χ0n) is 17.5. The molecule has 1 aliphatic carbocycles. The lowest BCUT2D eigenvalue weighted by atomic mass is 9.74. The Balaban J connectivity index is 1.55. The summed E-state index contributed by atoms with van der Waals surface area (Å²) in [6, 6.07) is 2.13. The van der Waals surface area contributed by atoms with Gasteiger partial charge in [0.25, 0.3) is 0 Å². The van der Waals surface area contributed by atoms with E-state index in [1.165, 1.54) is 12.8 Å². The number of nitrogens with zero attached hydrogens (tertiary/aromatic N) is 5. The Kier molecular flexibility index (Phi) is 5.61. The molecule has 0 aromatic carbocycles. The van der Waals surface area contributed by atoms with Crippen LogP contribution in [0.2, 0.25) is 0 Å². The molecule has 8 nitrogen and oxygen atoms in total. The van der Waals surface area contributed by atoms with Gasteiger partial charge in [0.2, 0.25) is 11.9 Å². The molecule has 3 amide bonds. The predicted molar refractivity (Wildman–Crippen MR) is 110 cm³/mol. The molecule has 8 heteroatoms. The van der Waals surface area contributed by atoms with Gasteiger partial charge in [-0.2, -0.15) is 0 Å². The number of hydrogen-bond acceptors (Lipinski definition) is 5. The van der Waals surface area contributed by atoms with Crippen molar-refractivity contribution >= 4 is 17.9 Å². The molecule has 1 saturated carbocycles. The van der Waals surface area contributed by atoms with Gasteiger partial charge in [0.15, 0.2) is 0 Å². The van der Waals surface area contributed by atoms with Crippen LogP contribution in [-0.4, -0.2) is 78.0 Å². The van der Waals surface area contributed by atoms with Crippen molar-refractivity contribution in [3.05, 3.63) is 18.5 Å². The molecule has 3 fully saturated rings. The van der Waals surface area contributed by atoms with Gasteiger partial charge in [0, 0.05) is 64.6 Å². The summed E-state index contributed by atoms with van der Waals surface area (Å²) in [5.74, 6) is 0.880. The molecule has 2 saturated heterocycles. The van der Waals surface area contributed by atoms with Gasteiger partial charge in [0.1, 0.15) is 0 Å². The van der Waals surface area contributed by atoms with Crippen molar-refractivity contribution in [3.63, 3.8) is 0 Å². The number of aromatic nitrogens is 2. The third-order valence-electron chi connectivity index (χ3n) is 6.82. The number of likely N-dealkylation sites (tertiary alicyclic amines) is 1. The van der Waals surface area contributed by atoms with Crippen LogP contribution in [-0.2, 0) is 4.79 Å².